The molecule has 126 valence electrons. The summed E-state index contributed by atoms with van der Waals surface area (Å²) in [6, 6.07) is 3.29. The number of nitrogens with zero attached hydrogens (tertiary/aromatic N) is 1. The van der Waals surface area contributed by atoms with E-state index in [1.54, 1.807) is 18.3 Å². The Morgan fingerprint density at radius 3 is 2.52 bits per heavy atom. The van der Waals surface area contributed by atoms with Gasteiger partial charge in [0.15, 0.2) is 0 Å². The van der Waals surface area contributed by atoms with E-state index in [0.717, 1.165) is 0 Å². The van der Waals surface area contributed by atoms with Crippen molar-refractivity contribution >= 4 is 13.2 Å². The second kappa shape index (κ2) is 6.59. The standard InChI is InChI=1S/C16H24BFN2O3/c1-15(2)16(3,4)23-17(22-15)13(18)11-12-7-5-9-20(14(12)21)10-6-8-19/h5,7,9,11H,6,8,10,19H2,1-4H3. The molecule has 2 heterocycles. The molecule has 7 heteroatoms. The van der Waals surface area contributed by atoms with Gasteiger partial charge >= 0.3 is 7.12 Å². The van der Waals surface area contributed by atoms with Crippen LogP contribution in [0.4, 0.5) is 4.39 Å². The Balaban J connectivity index is 2.24. The molecule has 1 aliphatic rings. The van der Waals surface area contributed by atoms with Gasteiger partial charge < -0.3 is 19.6 Å². The van der Waals surface area contributed by atoms with Gasteiger partial charge in [0.05, 0.1) is 11.2 Å². The molecule has 1 aliphatic heterocycles. The third kappa shape index (κ3) is 3.73. The van der Waals surface area contributed by atoms with Crippen molar-refractivity contribution in [3.63, 3.8) is 0 Å². The summed E-state index contributed by atoms with van der Waals surface area (Å²) in [5.74, 6) is 0. The summed E-state index contributed by atoms with van der Waals surface area (Å²) < 4.78 is 27.3. The van der Waals surface area contributed by atoms with E-state index >= 15 is 0 Å². The third-order valence-corrected chi connectivity index (χ3v) is 4.42. The smallest absolute Gasteiger partial charge is 0.398 e. The van der Waals surface area contributed by atoms with Crippen molar-refractivity contribution in [2.75, 3.05) is 6.54 Å². The van der Waals surface area contributed by atoms with Crippen LogP contribution in [0.2, 0.25) is 0 Å². The largest absolute Gasteiger partial charge is 0.525 e. The highest BCUT2D eigenvalue weighted by molar-refractivity contribution is 6.54. The molecule has 0 unspecified atom stereocenters. The molecule has 1 saturated heterocycles. The lowest BCUT2D eigenvalue weighted by molar-refractivity contribution is 0.00578. The second-order valence-electron chi connectivity index (χ2n) is 6.72. The molecule has 0 bridgehead atoms. The molecular formula is C16H24BFN2O3. The summed E-state index contributed by atoms with van der Waals surface area (Å²) in [5, 5.41) is 0. The van der Waals surface area contributed by atoms with Crippen molar-refractivity contribution in [1.82, 2.24) is 4.57 Å². The Bertz CT molecular complexity index is 639. The average molecular weight is 322 g/mol. The van der Waals surface area contributed by atoms with Crippen molar-refractivity contribution in [1.29, 1.82) is 0 Å². The Kier molecular flexibility index (Phi) is 5.13. The van der Waals surface area contributed by atoms with Crippen molar-refractivity contribution in [3.8, 4) is 0 Å². The van der Waals surface area contributed by atoms with E-state index in [1.165, 1.54) is 10.6 Å². The molecule has 2 N–H and O–H groups in total. The van der Waals surface area contributed by atoms with Gasteiger partial charge in [0.2, 0.25) is 0 Å². The lowest BCUT2D eigenvalue weighted by Gasteiger charge is -2.32. The summed E-state index contributed by atoms with van der Waals surface area (Å²) in [6.45, 7) is 8.40. The zero-order chi connectivity index (χ0) is 17.3. The van der Waals surface area contributed by atoms with Crippen LogP contribution in [0.5, 0.6) is 0 Å². The first-order valence-corrected chi connectivity index (χ1v) is 7.80. The van der Waals surface area contributed by atoms with E-state index in [1.807, 2.05) is 27.7 Å². The van der Waals surface area contributed by atoms with Crippen molar-refractivity contribution in [2.45, 2.75) is 51.9 Å². The number of hydrogen-bond acceptors (Lipinski definition) is 4. The molecule has 1 aromatic heterocycles. The SMILES string of the molecule is CC1(C)OB(C(F)=Cc2cccn(CCCN)c2=O)OC1(C)C. The van der Waals surface area contributed by atoms with Crippen LogP contribution in [-0.4, -0.2) is 29.4 Å². The lowest BCUT2D eigenvalue weighted by atomic mass is 9.87. The summed E-state index contributed by atoms with van der Waals surface area (Å²) >= 11 is 0. The van der Waals surface area contributed by atoms with Crippen LogP contribution >= 0.6 is 0 Å². The van der Waals surface area contributed by atoms with Crippen LogP contribution in [0.1, 0.15) is 39.7 Å². The van der Waals surface area contributed by atoms with Crippen LogP contribution in [0, 0.1) is 0 Å². The number of aromatic nitrogens is 1. The van der Waals surface area contributed by atoms with Crippen LogP contribution in [0.25, 0.3) is 6.08 Å². The predicted octanol–water partition coefficient (Wildman–Crippen LogP) is 2.14. The number of hydrogen-bond donors (Lipinski definition) is 1. The molecule has 5 nitrogen and oxygen atoms in total. The number of rotatable bonds is 5. The fourth-order valence-electron chi connectivity index (χ4n) is 2.28. The van der Waals surface area contributed by atoms with E-state index in [9.17, 15) is 9.18 Å². The van der Waals surface area contributed by atoms with Crippen molar-refractivity contribution in [2.24, 2.45) is 5.73 Å². The normalized spacial score (nSPS) is 20.1. The van der Waals surface area contributed by atoms with Gasteiger partial charge in [-0.1, -0.05) is 0 Å². The van der Waals surface area contributed by atoms with Gasteiger partial charge in [0.25, 0.3) is 5.56 Å². The van der Waals surface area contributed by atoms with Gasteiger partial charge in [-0.25, -0.2) is 4.39 Å². The average Bonchev–Trinajstić information content (AvgIpc) is 2.68. The van der Waals surface area contributed by atoms with Crippen LogP contribution in [-0.2, 0) is 15.9 Å². The van der Waals surface area contributed by atoms with Gasteiger partial charge in [0, 0.05) is 18.3 Å². The summed E-state index contributed by atoms with van der Waals surface area (Å²) in [5.41, 5.74) is 3.60. The molecule has 0 saturated carbocycles. The molecule has 1 aromatic rings. The van der Waals surface area contributed by atoms with E-state index < -0.39 is 24.0 Å². The maximum absolute atomic E-state index is 14.5. The molecule has 0 radical (unpaired) electrons. The fraction of sp³-hybridized carbons (Fsp3) is 0.562. The maximum Gasteiger partial charge on any atom is 0.525 e. The van der Waals surface area contributed by atoms with E-state index in [2.05, 4.69) is 0 Å². The van der Waals surface area contributed by atoms with Crippen LogP contribution in [0.15, 0.2) is 28.9 Å². The van der Waals surface area contributed by atoms with Gasteiger partial charge in [-0.05, 0) is 58.9 Å². The van der Waals surface area contributed by atoms with Crippen LogP contribution in [0.3, 0.4) is 0 Å². The van der Waals surface area contributed by atoms with Gasteiger partial charge in [0.1, 0.15) is 5.73 Å². The minimum Gasteiger partial charge on any atom is -0.398 e. The minimum absolute atomic E-state index is 0.257. The fourth-order valence-corrected chi connectivity index (χ4v) is 2.28. The Morgan fingerprint density at radius 2 is 1.96 bits per heavy atom. The molecule has 0 atom stereocenters. The molecule has 23 heavy (non-hydrogen) atoms. The monoisotopic (exact) mass is 322 g/mol. The molecule has 0 aromatic carbocycles. The Hall–Kier alpha value is -1.44. The number of aryl methyl sites for hydroxylation is 1. The quantitative estimate of drug-likeness (QED) is 0.844. The van der Waals surface area contributed by atoms with Crippen molar-refractivity contribution in [3.05, 3.63) is 40.0 Å². The van der Waals surface area contributed by atoms with Crippen molar-refractivity contribution < 1.29 is 13.7 Å². The molecule has 1 fully saturated rings. The molecule has 2 rings (SSSR count). The highest BCUT2D eigenvalue weighted by Gasteiger charge is 2.53. The summed E-state index contributed by atoms with van der Waals surface area (Å²) in [7, 11) is -1.10. The van der Waals surface area contributed by atoms with Gasteiger partial charge in [-0.2, -0.15) is 0 Å². The number of halogens is 1. The second-order valence-corrected chi connectivity index (χ2v) is 6.72. The molecule has 0 spiro atoms. The van der Waals surface area contributed by atoms with E-state index in [-0.39, 0.29) is 11.1 Å². The van der Waals surface area contributed by atoms with Crippen LogP contribution < -0.4 is 11.3 Å². The molecular weight excluding hydrogens is 298 g/mol. The van der Waals surface area contributed by atoms with Gasteiger partial charge in [-0.3, -0.25) is 4.79 Å². The topological polar surface area (TPSA) is 66.5 Å². The summed E-state index contributed by atoms with van der Waals surface area (Å²) in [6.07, 6.45) is 3.54. The highest BCUT2D eigenvalue weighted by atomic mass is 19.1. The minimum atomic E-state index is -1.10. The molecule has 0 aliphatic carbocycles. The lowest BCUT2D eigenvalue weighted by Crippen LogP contribution is -2.41. The Morgan fingerprint density at radius 1 is 1.35 bits per heavy atom. The third-order valence-electron chi connectivity index (χ3n) is 4.42. The zero-order valence-electron chi connectivity index (χ0n) is 14.1. The zero-order valence-corrected chi connectivity index (χ0v) is 14.1. The maximum atomic E-state index is 14.5. The molecule has 0 amide bonds. The number of nitrogens with two attached hydrogens (primary N) is 1. The Labute approximate surface area is 136 Å². The summed E-state index contributed by atoms with van der Waals surface area (Å²) in [4.78, 5) is 12.3. The first kappa shape index (κ1) is 17.9. The first-order valence-electron chi connectivity index (χ1n) is 7.80. The van der Waals surface area contributed by atoms with Gasteiger partial charge in [-0.15, -0.1) is 0 Å². The predicted molar refractivity (Wildman–Crippen MR) is 89.5 cm³/mol. The number of pyridine rings is 1. The van der Waals surface area contributed by atoms with E-state index in [4.69, 9.17) is 15.0 Å². The van der Waals surface area contributed by atoms with E-state index in [0.29, 0.717) is 19.5 Å². The highest BCUT2D eigenvalue weighted by Crippen LogP contribution is 2.38. The first-order chi connectivity index (χ1) is 10.7.